The number of halogens is 1. The number of fused-ring (bicyclic) bond motifs is 1. The summed E-state index contributed by atoms with van der Waals surface area (Å²) in [5.74, 6) is 1.02. The monoisotopic (exact) mass is 253 g/mol. The van der Waals surface area contributed by atoms with Crippen molar-refractivity contribution in [3.63, 3.8) is 0 Å². The maximum atomic E-state index is 5.55. The Morgan fingerprint density at radius 1 is 1.50 bits per heavy atom. The minimum absolute atomic E-state index is 0.641. The van der Waals surface area contributed by atoms with Crippen LogP contribution in [0.25, 0.3) is 11.0 Å². The first-order valence-electron chi connectivity index (χ1n) is 4.55. The van der Waals surface area contributed by atoms with Crippen LogP contribution in [0.4, 0.5) is 0 Å². The quantitative estimate of drug-likeness (QED) is 0.891. The van der Waals surface area contributed by atoms with Gasteiger partial charge in [-0.25, -0.2) is 4.98 Å². The summed E-state index contributed by atoms with van der Waals surface area (Å²) in [5.41, 5.74) is 7.72. The first-order valence-corrected chi connectivity index (χ1v) is 5.34. The minimum Gasteiger partial charge on any atom is -0.329 e. The Labute approximate surface area is 91.1 Å². The van der Waals surface area contributed by atoms with Gasteiger partial charge in [-0.2, -0.15) is 0 Å². The predicted octanol–water partition coefficient (Wildman–Crippen LogP) is 2.07. The van der Waals surface area contributed by atoms with E-state index in [0.29, 0.717) is 6.54 Å². The third kappa shape index (κ3) is 1.55. The highest BCUT2D eigenvalue weighted by molar-refractivity contribution is 9.10. The molecule has 0 aliphatic heterocycles. The summed E-state index contributed by atoms with van der Waals surface area (Å²) in [4.78, 5) is 4.47. The van der Waals surface area contributed by atoms with E-state index >= 15 is 0 Å². The van der Waals surface area contributed by atoms with E-state index in [1.807, 2.05) is 19.1 Å². The van der Waals surface area contributed by atoms with E-state index in [9.17, 15) is 0 Å². The van der Waals surface area contributed by atoms with Crippen LogP contribution in [0.15, 0.2) is 22.7 Å². The number of hydrogen-bond acceptors (Lipinski definition) is 2. The number of nitrogens with zero attached hydrogens (tertiary/aromatic N) is 2. The molecule has 0 atom stereocenters. The largest absolute Gasteiger partial charge is 0.329 e. The zero-order valence-electron chi connectivity index (χ0n) is 8.00. The van der Waals surface area contributed by atoms with Crippen molar-refractivity contribution in [3.05, 3.63) is 28.5 Å². The Morgan fingerprint density at radius 2 is 2.29 bits per heavy atom. The van der Waals surface area contributed by atoms with Gasteiger partial charge in [-0.3, -0.25) is 0 Å². The molecule has 0 bridgehead atoms. The standard InChI is InChI=1S/C10H12BrN3/c1-7-13-9-6-8(11)2-3-10(9)14(7)5-4-12/h2-3,6H,4-5,12H2,1H3. The van der Waals surface area contributed by atoms with Crippen LogP contribution in [0.2, 0.25) is 0 Å². The van der Waals surface area contributed by atoms with Crippen LogP contribution in [0.1, 0.15) is 5.82 Å². The lowest BCUT2D eigenvalue weighted by atomic mass is 10.3. The molecule has 3 nitrogen and oxygen atoms in total. The second kappa shape index (κ2) is 3.71. The third-order valence-electron chi connectivity index (χ3n) is 2.25. The number of aromatic nitrogens is 2. The average molecular weight is 254 g/mol. The minimum atomic E-state index is 0.641. The Bertz CT molecular complexity index is 462. The molecule has 4 heteroatoms. The highest BCUT2D eigenvalue weighted by Gasteiger charge is 2.05. The number of nitrogens with two attached hydrogens (primary N) is 1. The molecule has 0 amide bonds. The fraction of sp³-hybridized carbons (Fsp3) is 0.300. The van der Waals surface area contributed by atoms with Crippen molar-refractivity contribution in [2.24, 2.45) is 5.73 Å². The Hall–Kier alpha value is -0.870. The summed E-state index contributed by atoms with van der Waals surface area (Å²) in [6.07, 6.45) is 0. The van der Waals surface area contributed by atoms with Crippen LogP contribution < -0.4 is 5.73 Å². The van der Waals surface area contributed by atoms with Gasteiger partial charge in [0.05, 0.1) is 11.0 Å². The van der Waals surface area contributed by atoms with Crippen LogP contribution in [-0.4, -0.2) is 16.1 Å². The van der Waals surface area contributed by atoms with Gasteiger partial charge in [0, 0.05) is 17.6 Å². The maximum absolute atomic E-state index is 5.55. The van der Waals surface area contributed by atoms with Crippen LogP contribution in [-0.2, 0) is 6.54 Å². The van der Waals surface area contributed by atoms with Crippen LogP contribution in [0, 0.1) is 6.92 Å². The summed E-state index contributed by atoms with van der Waals surface area (Å²) in [5, 5.41) is 0. The van der Waals surface area contributed by atoms with Gasteiger partial charge in [0.1, 0.15) is 5.82 Å². The first-order chi connectivity index (χ1) is 6.72. The molecule has 0 aliphatic rings. The van der Waals surface area contributed by atoms with E-state index in [0.717, 1.165) is 27.9 Å². The van der Waals surface area contributed by atoms with Crippen molar-refractivity contribution in [2.45, 2.75) is 13.5 Å². The van der Waals surface area contributed by atoms with Gasteiger partial charge in [0.2, 0.25) is 0 Å². The van der Waals surface area contributed by atoms with Crippen molar-refractivity contribution >= 4 is 27.0 Å². The van der Waals surface area contributed by atoms with Crippen molar-refractivity contribution in [3.8, 4) is 0 Å². The van der Waals surface area contributed by atoms with E-state index in [2.05, 4.69) is 31.5 Å². The fourth-order valence-corrected chi connectivity index (χ4v) is 1.98. The van der Waals surface area contributed by atoms with Gasteiger partial charge in [0.15, 0.2) is 0 Å². The molecule has 0 radical (unpaired) electrons. The molecule has 0 spiro atoms. The molecule has 1 heterocycles. The molecule has 2 N–H and O–H groups in total. The molecule has 0 unspecified atom stereocenters. The zero-order chi connectivity index (χ0) is 10.1. The van der Waals surface area contributed by atoms with Gasteiger partial charge in [0.25, 0.3) is 0 Å². The lowest BCUT2D eigenvalue weighted by molar-refractivity contribution is 0.703. The lowest BCUT2D eigenvalue weighted by Gasteiger charge is -2.03. The SMILES string of the molecule is Cc1nc2cc(Br)ccc2n1CCN. The van der Waals surface area contributed by atoms with Gasteiger partial charge in [-0.15, -0.1) is 0 Å². The number of hydrogen-bond donors (Lipinski definition) is 1. The number of rotatable bonds is 2. The van der Waals surface area contributed by atoms with E-state index in [-0.39, 0.29) is 0 Å². The first kappa shape index (κ1) is 9.68. The molecular formula is C10H12BrN3. The Kier molecular flexibility index (Phi) is 2.56. The van der Waals surface area contributed by atoms with Crippen molar-refractivity contribution in [1.29, 1.82) is 0 Å². The molecule has 2 rings (SSSR count). The van der Waals surface area contributed by atoms with Crippen LogP contribution in [0.5, 0.6) is 0 Å². The molecule has 1 aromatic heterocycles. The second-order valence-corrected chi connectivity index (χ2v) is 4.15. The molecule has 74 valence electrons. The summed E-state index contributed by atoms with van der Waals surface area (Å²) in [6, 6.07) is 6.11. The van der Waals surface area contributed by atoms with Crippen LogP contribution >= 0.6 is 15.9 Å². The number of benzene rings is 1. The Balaban J connectivity index is 2.64. The summed E-state index contributed by atoms with van der Waals surface area (Å²) in [6.45, 7) is 3.47. The summed E-state index contributed by atoms with van der Waals surface area (Å²) < 4.78 is 3.20. The highest BCUT2D eigenvalue weighted by atomic mass is 79.9. The van der Waals surface area contributed by atoms with Crippen molar-refractivity contribution in [2.75, 3.05) is 6.54 Å². The van der Waals surface area contributed by atoms with E-state index in [1.54, 1.807) is 0 Å². The topological polar surface area (TPSA) is 43.8 Å². The van der Waals surface area contributed by atoms with Crippen molar-refractivity contribution in [1.82, 2.24) is 9.55 Å². The molecule has 0 fully saturated rings. The molecule has 14 heavy (non-hydrogen) atoms. The maximum Gasteiger partial charge on any atom is 0.106 e. The highest BCUT2D eigenvalue weighted by Crippen LogP contribution is 2.20. The number of imidazole rings is 1. The van der Waals surface area contributed by atoms with Gasteiger partial charge in [-0.1, -0.05) is 15.9 Å². The van der Waals surface area contributed by atoms with Crippen LogP contribution in [0.3, 0.4) is 0 Å². The van der Waals surface area contributed by atoms with Gasteiger partial charge >= 0.3 is 0 Å². The molecular weight excluding hydrogens is 242 g/mol. The number of aryl methyl sites for hydroxylation is 1. The molecule has 0 saturated heterocycles. The fourth-order valence-electron chi connectivity index (χ4n) is 1.63. The molecule has 0 aliphatic carbocycles. The predicted molar refractivity (Wildman–Crippen MR) is 61.2 cm³/mol. The van der Waals surface area contributed by atoms with E-state index < -0.39 is 0 Å². The molecule has 0 saturated carbocycles. The summed E-state index contributed by atoms with van der Waals surface area (Å²) >= 11 is 3.43. The van der Waals surface area contributed by atoms with Gasteiger partial charge < -0.3 is 10.3 Å². The smallest absolute Gasteiger partial charge is 0.106 e. The second-order valence-electron chi connectivity index (χ2n) is 3.23. The third-order valence-corrected chi connectivity index (χ3v) is 2.75. The normalized spacial score (nSPS) is 11.1. The van der Waals surface area contributed by atoms with Crippen molar-refractivity contribution < 1.29 is 0 Å². The van der Waals surface area contributed by atoms with E-state index in [4.69, 9.17) is 5.73 Å². The Morgan fingerprint density at radius 3 is 3.00 bits per heavy atom. The lowest BCUT2D eigenvalue weighted by Crippen LogP contribution is -2.10. The molecule has 2 aromatic rings. The molecule has 1 aromatic carbocycles. The van der Waals surface area contributed by atoms with E-state index in [1.165, 1.54) is 0 Å². The zero-order valence-corrected chi connectivity index (χ0v) is 9.58. The van der Waals surface area contributed by atoms with Gasteiger partial charge in [-0.05, 0) is 25.1 Å². The average Bonchev–Trinajstić information content (AvgIpc) is 2.43. The summed E-state index contributed by atoms with van der Waals surface area (Å²) in [7, 11) is 0.